The molecule has 1 N–H and O–H groups in total. The molecule has 0 saturated heterocycles. The van der Waals surface area contributed by atoms with Gasteiger partial charge in [0.25, 0.3) is 0 Å². The summed E-state index contributed by atoms with van der Waals surface area (Å²) in [5.74, 6) is 0.919. The number of nitrogens with zero attached hydrogens (tertiary/aromatic N) is 4. The molecule has 0 amide bonds. The smallest absolute Gasteiger partial charge is 0.338 e. The Labute approximate surface area is 228 Å². The van der Waals surface area contributed by atoms with Gasteiger partial charge in [0.15, 0.2) is 11.5 Å². The molecule has 38 heavy (non-hydrogen) atoms. The van der Waals surface area contributed by atoms with Gasteiger partial charge in [0.05, 0.1) is 22.7 Å². The van der Waals surface area contributed by atoms with Gasteiger partial charge in [0.1, 0.15) is 19.3 Å². The first kappa shape index (κ1) is 25.6. The number of fused-ring (bicyclic) bond motifs is 1. The average Bonchev–Trinajstić information content (AvgIpc) is 3.40. The zero-order valence-corrected chi connectivity index (χ0v) is 22.0. The summed E-state index contributed by atoms with van der Waals surface area (Å²) in [5.41, 5.74) is 3.42. The molecule has 194 valence electrons. The van der Waals surface area contributed by atoms with E-state index in [0.717, 1.165) is 11.1 Å². The summed E-state index contributed by atoms with van der Waals surface area (Å²) >= 11 is 12.1. The van der Waals surface area contributed by atoms with Crippen LogP contribution in [-0.4, -0.2) is 33.3 Å². The topological polar surface area (TPSA) is 100 Å². The number of halogens is 2. The maximum Gasteiger partial charge on any atom is 0.338 e. The van der Waals surface area contributed by atoms with E-state index in [-0.39, 0.29) is 13.2 Å². The van der Waals surface area contributed by atoms with E-state index in [1.165, 1.54) is 4.68 Å². The molecule has 11 heteroatoms. The summed E-state index contributed by atoms with van der Waals surface area (Å²) in [5, 5.41) is 16.0. The highest BCUT2D eigenvalue weighted by molar-refractivity contribution is 6.42. The highest BCUT2D eigenvalue weighted by Crippen LogP contribution is 2.39. The van der Waals surface area contributed by atoms with Crippen LogP contribution in [-0.2, 0) is 22.7 Å². The molecular formula is C27H23Cl2N5O4. The van der Waals surface area contributed by atoms with Crippen LogP contribution >= 0.6 is 23.2 Å². The molecule has 1 aromatic heterocycles. The third kappa shape index (κ3) is 5.29. The molecule has 0 saturated carbocycles. The molecule has 1 atom stereocenters. The molecule has 1 aliphatic rings. The van der Waals surface area contributed by atoms with Crippen LogP contribution in [0.15, 0.2) is 78.0 Å². The number of rotatable bonds is 8. The van der Waals surface area contributed by atoms with Crippen LogP contribution in [0.5, 0.6) is 11.5 Å². The Bertz CT molecular complexity index is 1510. The maximum atomic E-state index is 13.4. The molecule has 4 aromatic rings. The SMILES string of the molecule is COc1cc(C2C(C(=O)OCc3ccccc3)=C(C)Nc3nnnn32)ccc1OCc1ccc(Cl)c(Cl)c1. The number of tetrazole rings is 1. The normalized spacial score (nSPS) is 14.5. The van der Waals surface area contributed by atoms with Crippen molar-refractivity contribution in [1.29, 1.82) is 0 Å². The summed E-state index contributed by atoms with van der Waals surface area (Å²) in [6.07, 6.45) is 0. The van der Waals surface area contributed by atoms with Gasteiger partial charge in [0.2, 0.25) is 5.95 Å². The number of carbonyl (C=O) groups excluding carboxylic acids is 1. The maximum absolute atomic E-state index is 13.4. The van der Waals surface area contributed by atoms with Crippen molar-refractivity contribution in [3.8, 4) is 11.5 Å². The number of ether oxygens (including phenoxy) is 3. The van der Waals surface area contributed by atoms with Crippen LogP contribution in [0.2, 0.25) is 10.0 Å². The second-order valence-electron chi connectivity index (χ2n) is 8.52. The minimum absolute atomic E-state index is 0.135. The van der Waals surface area contributed by atoms with Gasteiger partial charge in [-0.25, -0.2) is 4.79 Å². The third-order valence-electron chi connectivity index (χ3n) is 6.03. The second-order valence-corrected chi connectivity index (χ2v) is 9.34. The Hall–Kier alpha value is -4.08. The molecule has 5 rings (SSSR count). The van der Waals surface area contributed by atoms with Crippen molar-refractivity contribution in [2.45, 2.75) is 26.2 Å². The Morgan fingerprint density at radius 1 is 0.974 bits per heavy atom. The van der Waals surface area contributed by atoms with Gasteiger partial charge in [0, 0.05) is 5.70 Å². The van der Waals surface area contributed by atoms with E-state index in [1.807, 2.05) is 42.5 Å². The van der Waals surface area contributed by atoms with Crippen LogP contribution in [0, 0.1) is 0 Å². The fraction of sp³-hybridized carbons (Fsp3) is 0.185. The lowest BCUT2D eigenvalue weighted by molar-refractivity contribution is -0.140. The predicted octanol–water partition coefficient (Wildman–Crippen LogP) is 5.60. The van der Waals surface area contributed by atoms with Crippen molar-refractivity contribution in [3.63, 3.8) is 0 Å². The number of hydrogen-bond donors (Lipinski definition) is 1. The summed E-state index contributed by atoms with van der Waals surface area (Å²) in [7, 11) is 1.55. The molecule has 1 unspecified atom stereocenters. The van der Waals surface area contributed by atoms with Crippen molar-refractivity contribution < 1.29 is 19.0 Å². The highest BCUT2D eigenvalue weighted by atomic mass is 35.5. The van der Waals surface area contributed by atoms with E-state index >= 15 is 0 Å². The first-order valence-corrected chi connectivity index (χ1v) is 12.4. The number of carbonyl (C=O) groups is 1. The van der Waals surface area contributed by atoms with Gasteiger partial charge in [-0.05, 0) is 58.3 Å². The average molecular weight is 552 g/mol. The second kappa shape index (κ2) is 11.1. The largest absolute Gasteiger partial charge is 0.493 e. The van der Waals surface area contributed by atoms with Crippen LogP contribution in [0.25, 0.3) is 0 Å². The van der Waals surface area contributed by atoms with Gasteiger partial charge in [-0.3, -0.25) is 0 Å². The molecule has 3 aromatic carbocycles. The molecule has 0 aliphatic carbocycles. The summed E-state index contributed by atoms with van der Waals surface area (Å²) in [4.78, 5) is 13.4. The lowest BCUT2D eigenvalue weighted by Crippen LogP contribution is -2.29. The number of nitrogens with one attached hydrogen (secondary N) is 1. The Kier molecular flexibility index (Phi) is 7.48. The number of anilines is 1. The number of esters is 1. The van der Waals surface area contributed by atoms with E-state index in [0.29, 0.717) is 44.3 Å². The van der Waals surface area contributed by atoms with Crippen molar-refractivity contribution in [2.24, 2.45) is 0 Å². The van der Waals surface area contributed by atoms with Crippen molar-refractivity contribution in [3.05, 3.63) is 105 Å². The fourth-order valence-electron chi connectivity index (χ4n) is 4.15. The molecule has 0 spiro atoms. The molecule has 0 radical (unpaired) electrons. The fourth-order valence-corrected chi connectivity index (χ4v) is 4.47. The van der Waals surface area contributed by atoms with E-state index in [2.05, 4.69) is 20.8 Å². The molecule has 0 bridgehead atoms. The first-order valence-electron chi connectivity index (χ1n) is 11.7. The Morgan fingerprint density at radius 3 is 2.55 bits per heavy atom. The van der Waals surface area contributed by atoms with Crippen molar-refractivity contribution in [2.75, 3.05) is 12.4 Å². The number of aromatic nitrogens is 4. The Morgan fingerprint density at radius 2 is 1.79 bits per heavy atom. The third-order valence-corrected chi connectivity index (χ3v) is 6.77. The predicted molar refractivity (Wildman–Crippen MR) is 142 cm³/mol. The van der Waals surface area contributed by atoms with E-state index in [9.17, 15) is 4.79 Å². The van der Waals surface area contributed by atoms with Gasteiger partial charge >= 0.3 is 5.97 Å². The highest BCUT2D eigenvalue weighted by Gasteiger charge is 2.35. The van der Waals surface area contributed by atoms with Crippen molar-refractivity contribution in [1.82, 2.24) is 20.2 Å². The lowest BCUT2D eigenvalue weighted by Gasteiger charge is -2.28. The monoisotopic (exact) mass is 551 g/mol. The Balaban J connectivity index is 1.43. The van der Waals surface area contributed by atoms with Gasteiger partial charge < -0.3 is 19.5 Å². The quantitative estimate of drug-likeness (QED) is 0.282. The lowest BCUT2D eigenvalue weighted by atomic mass is 9.95. The summed E-state index contributed by atoms with van der Waals surface area (Å²) < 4.78 is 18.8. The van der Waals surface area contributed by atoms with Crippen molar-refractivity contribution >= 4 is 35.1 Å². The van der Waals surface area contributed by atoms with E-state index in [4.69, 9.17) is 37.4 Å². The molecule has 0 fully saturated rings. The van der Waals surface area contributed by atoms with E-state index < -0.39 is 12.0 Å². The van der Waals surface area contributed by atoms with Gasteiger partial charge in [-0.2, -0.15) is 4.68 Å². The number of hydrogen-bond acceptors (Lipinski definition) is 8. The number of allylic oxidation sites excluding steroid dienone is 1. The number of benzene rings is 3. The molecule has 2 heterocycles. The standard InChI is InChI=1S/C27H23Cl2N5O4/c1-16-24(26(35)38-14-17-6-4-3-5-7-17)25(34-27(30-16)31-32-33-34)19-9-11-22(23(13-19)36-2)37-15-18-8-10-20(28)21(29)12-18/h3-13,25H,14-15H2,1-2H3,(H,30,31,33). The first-order chi connectivity index (χ1) is 18.4. The van der Waals surface area contributed by atoms with Crippen LogP contribution in [0.1, 0.15) is 29.7 Å². The minimum atomic E-state index is -0.650. The van der Waals surface area contributed by atoms with E-state index in [1.54, 1.807) is 38.3 Å². The van der Waals surface area contributed by atoms with Gasteiger partial charge in [-0.15, -0.1) is 0 Å². The molecule has 1 aliphatic heterocycles. The minimum Gasteiger partial charge on any atom is -0.493 e. The van der Waals surface area contributed by atoms with Gasteiger partial charge in [-0.1, -0.05) is 70.8 Å². The summed E-state index contributed by atoms with van der Waals surface area (Å²) in [6, 6.07) is 19.5. The zero-order chi connectivity index (χ0) is 26.6. The van der Waals surface area contributed by atoms with Crippen LogP contribution in [0.4, 0.5) is 5.95 Å². The van der Waals surface area contributed by atoms with Crippen LogP contribution in [0.3, 0.4) is 0 Å². The number of methoxy groups -OCH3 is 1. The molecular weight excluding hydrogens is 529 g/mol. The summed E-state index contributed by atoms with van der Waals surface area (Å²) in [6.45, 7) is 2.18. The molecule has 9 nitrogen and oxygen atoms in total. The van der Waals surface area contributed by atoms with Crippen LogP contribution < -0.4 is 14.8 Å². The zero-order valence-electron chi connectivity index (χ0n) is 20.5.